The number of carbonyl (C=O) groups is 1. The summed E-state index contributed by atoms with van der Waals surface area (Å²) in [6.07, 6.45) is 14.6. The molecule has 0 radical (unpaired) electrons. The molecule has 0 spiro atoms. The number of halogens is 2. The third-order valence-corrected chi connectivity index (χ3v) is 7.82. The standard InChI is InChI=1S/C16H14F2N6.C7H12O.C6H12.H2/c1-19-16-20-7-11-10(3-5-12(11)21-16)9-2-4-13-14(6-9)24(23-22-13)8-15(17)18;1-6(8)7(2)4-3-5-7;1-2-4-6-5-3-1;/h2-4,6-7,15H,5,8H2,1H3,(H,19,20,21);3-5H2,1-2H3;1-6H2;1H. The minimum Gasteiger partial charge on any atom is -0.357 e. The number of rotatable bonds is 5. The van der Waals surface area contributed by atoms with Gasteiger partial charge in [0.15, 0.2) is 0 Å². The highest BCUT2D eigenvalue weighted by molar-refractivity contribution is 5.88. The molecular formula is C29H40F2N6O. The lowest BCUT2D eigenvalue weighted by atomic mass is 9.68. The molecule has 0 unspecified atom stereocenters. The van der Waals surface area contributed by atoms with Gasteiger partial charge in [0, 0.05) is 32.1 Å². The highest BCUT2D eigenvalue weighted by Crippen LogP contribution is 2.40. The second kappa shape index (κ2) is 12.5. The van der Waals surface area contributed by atoms with Gasteiger partial charge in [-0.25, -0.2) is 23.4 Å². The Kier molecular flexibility index (Phi) is 9.17. The number of Topliss-reactive ketones (excluding diaryl/α,β-unsaturated/α-hetero) is 1. The van der Waals surface area contributed by atoms with Gasteiger partial charge in [0.2, 0.25) is 5.95 Å². The molecule has 2 fully saturated rings. The average molecular weight is 527 g/mol. The van der Waals surface area contributed by atoms with Crippen LogP contribution in [0.3, 0.4) is 0 Å². The van der Waals surface area contributed by atoms with Crippen molar-refractivity contribution in [2.24, 2.45) is 5.41 Å². The Hall–Kier alpha value is -3.23. The molecule has 2 saturated carbocycles. The summed E-state index contributed by atoms with van der Waals surface area (Å²) in [5.74, 6) is 0.946. The Morgan fingerprint density at radius 2 is 1.82 bits per heavy atom. The van der Waals surface area contributed by atoms with E-state index in [0.717, 1.165) is 35.2 Å². The van der Waals surface area contributed by atoms with Gasteiger partial charge in [-0.3, -0.25) is 4.79 Å². The van der Waals surface area contributed by atoms with Crippen LogP contribution in [-0.4, -0.2) is 44.2 Å². The van der Waals surface area contributed by atoms with E-state index in [9.17, 15) is 13.6 Å². The summed E-state index contributed by atoms with van der Waals surface area (Å²) < 4.78 is 26.6. The molecule has 1 N–H and O–H groups in total. The van der Waals surface area contributed by atoms with E-state index in [0.29, 0.717) is 29.2 Å². The smallest absolute Gasteiger partial charge is 0.258 e. The SMILES string of the molecule is C1CCCCC1.CC(=O)C1(C)CCC1.CNc1ncc2c(n1)CC=C2c1ccc2nnn(CC(F)F)c2c1.[HH]. The van der Waals surface area contributed by atoms with Crippen LogP contribution in [0.25, 0.3) is 16.6 Å². The molecule has 3 aliphatic carbocycles. The van der Waals surface area contributed by atoms with Crippen LogP contribution in [0.5, 0.6) is 0 Å². The van der Waals surface area contributed by atoms with Gasteiger partial charge in [-0.15, -0.1) is 5.10 Å². The number of hydrogen-bond donors (Lipinski definition) is 1. The van der Waals surface area contributed by atoms with Crippen LogP contribution in [0.2, 0.25) is 0 Å². The summed E-state index contributed by atoms with van der Waals surface area (Å²) in [7, 11) is 1.77. The van der Waals surface area contributed by atoms with Crippen molar-refractivity contribution in [2.75, 3.05) is 12.4 Å². The molecule has 6 rings (SSSR count). The molecule has 0 amide bonds. The van der Waals surface area contributed by atoms with E-state index in [2.05, 4.69) is 38.6 Å². The Bertz CT molecular complexity index is 1270. The van der Waals surface area contributed by atoms with E-state index >= 15 is 0 Å². The summed E-state index contributed by atoms with van der Waals surface area (Å²) in [5, 5.41) is 10.7. The lowest BCUT2D eigenvalue weighted by molar-refractivity contribution is -0.129. The first kappa shape index (κ1) is 27.8. The molecule has 3 aliphatic rings. The fourth-order valence-corrected chi connectivity index (χ4v) is 5.02. The number of ketones is 1. The monoisotopic (exact) mass is 526 g/mol. The number of nitrogens with zero attached hydrogens (tertiary/aromatic N) is 5. The molecule has 38 heavy (non-hydrogen) atoms. The molecule has 0 aliphatic heterocycles. The van der Waals surface area contributed by atoms with Crippen molar-refractivity contribution in [1.29, 1.82) is 0 Å². The predicted octanol–water partition coefficient (Wildman–Crippen LogP) is 6.87. The molecule has 7 nitrogen and oxygen atoms in total. The van der Waals surface area contributed by atoms with Gasteiger partial charge in [-0.05, 0) is 43.0 Å². The zero-order valence-electron chi connectivity index (χ0n) is 22.6. The summed E-state index contributed by atoms with van der Waals surface area (Å²) in [6.45, 7) is 3.28. The first-order chi connectivity index (χ1) is 18.3. The normalized spacial score (nSPS) is 17.4. The number of benzene rings is 1. The second-order valence-corrected chi connectivity index (χ2v) is 10.6. The molecule has 3 aromatic rings. The lowest BCUT2D eigenvalue weighted by Gasteiger charge is -2.35. The highest BCUT2D eigenvalue weighted by atomic mass is 19.3. The van der Waals surface area contributed by atoms with Gasteiger partial charge in [0.05, 0.1) is 11.2 Å². The lowest BCUT2D eigenvalue weighted by Crippen LogP contribution is -2.32. The van der Waals surface area contributed by atoms with Crippen molar-refractivity contribution < 1.29 is 15.0 Å². The van der Waals surface area contributed by atoms with Crippen LogP contribution in [0, 0.1) is 5.41 Å². The maximum absolute atomic E-state index is 12.7. The Morgan fingerprint density at radius 3 is 2.34 bits per heavy atom. The van der Waals surface area contributed by atoms with E-state index < -0.39 is 13.0 Å². The van der Waals surface area contributed by atoms with E-state index in [4.69, 9.17) is 0 Å². The number of nitrogens with one attached hydrogen (secondary N) is 1. The molecular weight excluding hydrogens is 486 g/mol. The molecule has 0 atom stereocenters. The molecule has 206 valence electrons. The molecule has 0 saturated heterocycles. The van der Waals surface area contributed by atoms with Crippen molar-refractivity contribution in [1.82, 2.24) is 25.0 Å². The van der Waals surface area contributed by atoms with Gasteiger partial charge in [0.25, 0.3) is 6.43 Å². The number of allylic oxidation sites excluding steroid dienone is 1. The van der Waals surface area contributed by atoms with Crippen molar-refractivity contribution in [3.8, 4) is 0 Å². The Morgan fingerprint density at radius 1 is 1.13 bits per heavy atom. The van der Waals surface area contributed by atoms with Crippen LogP contribution in [0.1, 0.15) is 89.9 Å². The van der Waals surface area contributed by atoms with Crippen molar-refractivity contribution in [2.45, 2.75) is 91.0 Å². The first-order valence-electron chi connectivity index (χ1n) is 13.7. The average Bonchev–Trinajstić information content (AvgIpc) is 3.52. The zero-order chi connectivity index (χ0) is 27.1. The number of carbonyl (C=O) groups excluding carboxylic acids is 1. The third kappa shape index (κ3) is 6.60. The third-order valence-electron chi connectivity index (χ3n) is 7.82. The van der Waals surface area contributed by atoms with Crippen LogP contribution in [-0.2, 0) is 17.8 Å². The largest absolute Gasteiger partial charge is 0.357 e. The Balaban J connectivity index is 0.000000230. The minimum absolute atomic E-state index is 0. The van der Waals surface area contributed by atoms with Crippen molar-refractivity contribution >= 4 is 28.3 Å². The van der Waals surface area contributed by atoms with Crippen molar-refractivity contribution in [3.63, 3.8) is 0 Å². The van der Waals surface area contributed by atoms with Gasteiger partial charge in [0.1, 0.15) is 17.8 Å². The summed E-state index contributed by atoms with van der Waals surface area (Å²) in [6, 6.07) is 5.54. The summed E-state index contributed by atoms with van der Waals surface area (Å²) in [5.41, 5.74) is 5.10. The second-order valence-electron chi connectivity index (χ2n) is 10.6. The van der Waals surface area contributed by atoms with Gasteiger partial charge in [-0.2, -0.15) is 0 Å². The summed E-state index contributed by atoms with van der Waals surface area (Å²) >= 11 is 0. The van der Waals surface area contributed by atoms with Gasteiger partial charge >= 0.3 is 0 Å². The molecule has 2 heterocycles. The highest BCUT2D eigenvalue weighted by Gasteiger charge is 2.35. The number of aromatic nitrogens is 5. The maximum atomic E-state index is 12.7. The van der Waals surface area contributed by atoms with Crippen LogP contribution >= 0.6 is 0 Å². The van der Waals surface area contributed by atoms with E-state index in [-0.39, 0.29) is 6.84 Å². The van der Waals surface area contributed by atoms with Gasteiger partial charge < -0.3 is 5.32 Å². The van der Waals surface area contributed by atoms with Crippen LogP contribution in [0.15, 0.2) is 30.5 Å². The topological polar surface area (TPSA) is 85.6 Å². The first-order valence-corrected chi connectivity index (χ1v) is 13.7. The van der Waals surface area contributed by atoms with Crippen LogP contribution < -0.4 is 5.32 Å². The molecule has 0 bridgehead atoms. The fraction of sp³-hybridized carbons (Fsp3) is 0.552. The minimum atomic E-state index is -2.47. The van der Waals surface area contributed by atoms with Crippen molar-refractivity contribution in [3.05, 3.63) is 47.3 Å². The predicted molar refractivity (Wildman–Crippen MR) is 148 cm³/mol. The fourth-order valence-electron chi connectivity index (χ4n) is 5.02. The van der Waals surface area contributed by atoms with Crippen LogP contribution in [0.4, 0.5) is 14.7 Å². The van der Waals surface area contributed by atoms with E-state index in [1.54, 1.807) is 26.2 Å². The molecule has 1 aromatic carbocycles. The quantitative estimate of drug-likeness (QED) is 0.391. The van der Waals surface area contributed by atoms with Gasteiger partial charge in [-0.1, -0.05) is 69.2 Å². The number of hydrogen-bond acceptors (Lipinski definition) is 6. The van der Waals surface area contributed by atoms with E-state index in [1.165, 1.54) is 49.6 Å². The number of fused-ring (bicyclic) bond motifs is 2. The molecule has 9 heteroatoms. The summed E-state index contributed by atoms with van der Waals surface area (Å²) in [4.78, 5) is 19.5. The molecule has 2 aromatic heterocycles. The Labute approximate surface area is 224 Å². The zero-order valence-corrected chi connectivity index (χ0v) is 22.6. The van der Waals surface area contributed by atoms with E-state index in [1.807, 2.05) is 12.1 Å². The maximum Gasteiger partial charge on any atom is 0.258 e. The number of anilines is 1. The number of alkyl halides is 2.